The average molecular weight is 369 g/mol. The van der Waals surface area contributed by atoms with Crippen molar-refractivity contribution in [1.82, 2.24) is 4.90 Å². The van der Waals surface area contributed by atoms with E-state index in [2.05, 4.69) is 0 Å². The molecule has 0 aliphatic carbocycles. The van der Waals surface area contributed by atoms with E-state index in [1.54, 1.807) is 0 Å². The first-order valence-corrected chi connectivity index (χ1v) is 9.67. The van der Waals surface area contributed by atoms with Crippen LogP contribution in [0.2, 0.25) is 0 Å². The number of carbonyl (C=O) groups excluding carboxylic acids is 2. The highest BCUT2D eigenvalue weighted by atomic mass is 16.1. The second-order valence-electron chi connectivity index (χ2n) is 7.30. The first-order chi connectivity index (χ1) is 13.8. The van der Waals surface area contributed by atoms with Crippen LogP contribution in [0.5, 0.6) is 0 Å². The molecule has 0 aromatic heterocycles. The zero-order chi connectivity index (χ0) is 19.3. The minimum absolute atomic E-state index is 0.213. The lowest BCUT2D eigenvalue weighted by molar-refractivity contribution is -0.139. The van der Waals surface area contributed by atoms with Crippen LogP contribution >= 0.6 is 0 Å². The van der Waals surface area contributed by atoms with Gasteiger partial charge in [-0.15, -0.1) is 0 Å². The number of hydrogen-bond donors (Lipinski definition) is 0. The van der Waals surface area contributed by atoms with Gasteiger partial charge in [-0.2, -0.15) is 0 Å². The van der Waals surface area contributed by atoms with Crippen LogP contribution in [0.15, 0.2) is 91.0 Å². The van der Waals surface area contributed by atoms with E-state index in [-0.39, 0.29) is 23.8 Å². The third-order valence-electron chi connectivity index (χ3n) is 5.62. The van der Waals surface area contributed by atoms with E-state index in [4.69, 9.17) is 0 Å². The molecule has 1 aliphatic rings. The molecule has 3 nitrogen and oxygen atoms in total. The zero-order valence-corrected chi connectivity index (χ0v) is 15.6. The molecule has 3 aromatic rings. The average Bonchev–Trinajstić information content (AvgIpc) is 2.76. The van der Waals surface area contributed by atoms with Crippen molar-refractivity contribution in [2.75, 3.05) is 0 Å². The number of nitrogens with zero attached hydrogens (tertiary/aromatic N) is 1. The molecule has 0 saturated carbocycles. The molecule has 3 aromatic carbocycles. The topological polar surface area (TPSA) is 37.4 Å². The van der Waals surface area contributed by atoms with Gasteiger partial charge in [-0.3, -0.25) is 9.59 Å². The second-order valence-corrected chi connectivity index (χ2v) is 7.30. The Bertz CT molecular complexity index is 923. The Kier molecular flexibility index (Phi) is 5.34. The Hall–Kier alpha value is -3.20. The molecule has 0 N–H and O–H groups in total. The fraction of sp³-hybridized carbons (Fsp3) is 0.200. The van der Waals surface area contributed by atoms with E-state index < -0.39 is 0 Å². The first-order valence-electron chi connectivity index (χ1n) is 9.67. The number of hydrogen-bond acceptors (Lipinski definition) is 2. The van der Waals surface area contributed by atoms with Gasteiger partial charge in [-0.1, -0.05) is 91.0 Å². The van der Waals surface area contributed by atoms with Crippen molar-refractivity contribution < 1.29 is 9.59 Å². The molecule has 1 fully saturated rings. The highest BCUT2D eigenvalue weighted by Crippen LogP contribution is 2.43. The summed E-state index contributed by atoms with van der Waals surface area (Å²) in [4.78, 5) is 27.4. The molecule has 1 saturated heterocycles. The fourth-order valence-electron chi connectivity index (χ4n) is 4.28. The molecule has 140 valence electrons. The molecule has 0 unspecified atom stereocenters. The lowest BCUT2D eigenvalue weighted by Gasteiger charge is -2.44. The Labute approximate surface area is 165 Å². The van der Waals surface area contributed by atoms with Crippen molar-refractivity contribution in [2.24, 2.45) is 5.92 Å². The van der Waals surface area contributed by atoms with Crippen molar-refractivity contribution >= 4 is 12.2 Å². The Morgan fingerprint density at radius 3 is 1.89 bits per heavy atom. The molecule has 3 heteroatoms. The van der Waals surface area contributed by atoms with Crippen LogP contribution in [0, 0.1) is 5.92 Å². The molecular formula is C25H23NO2. The highest BCUT2D eigenvalue weighted by Gasteiger charge is 2.43. The van der Waals surface area contributed by atoms with Gasteiger partial charge in [0.05, 0.1) is 12.1 Å². The molecule has 3 atom stereocenters. The summed E-state index contributed by atoms with van der Waals surface area (Å²) < 4.78 is 0. The normalized spacial score (nSPS) is 22.1. The first kappa shape index (κ1) is 18.2. The lowest BCUT2D eigenvalue weighted by Crippen LogP contribution is -2.45. The van der Waals surface area contributed by atoms with E-state index >= 15 is 0 Å². The predicted molar refractivity (Wildman–Crippen MR) is 110 cm³/mol. The Morgan fingerprint density at radius 1 is 0.786 bits per heavy atom. The van der Waals surface area contributed by atoms with Crippen molar-refractivity contribution in [1.29, 1.82) is 0 Å². The summed E-state index contributed by atoms with van der Waals surface area (Å²) in [7, 11) is 0. The van der Waals surface area contributed by atoms with Gasteiger partial charge in [-0.25, -0.2) is 0 Å². The van der Waals surface area contributed by atoms with E-state index in [0.29, 0.717) is 12.8 Å². The van der Waals surface area contributed by atoms with Crippen LogP contribution in [0.1, 0.15) is 35.2 Å². The number of carbonyl (C=O) groups is 2. The van der Waals surface area contributed by atoms with Crippen molar-refractivity contribution in [3.05, 3.63) is 108 Å². The SMILES string of the molecule is O=CN1[C@H](c2ccccc2)CC(=O)[C@@H](Cc2ccccc2)[C@@H]1c1ccccc1. The Balaban J connectivity index is 1.76. The summed E-state index contributed by atoms with van der Waals surface area (Å²) >= 11 is 0. The van der Waals surface area contributed by atoms with Crippen LogP contribution in [0.3, 0.4) is 0 Å². The smallest absolute Gasteiger partial charge is 0.210 e. The molecule has 0 radical (unpaired) electrons. The molecule has 1 heterocycles. The van der Waals surface area contributed by atoms with Gasteiger partial charge in [0.25, 0.3) is 0 Å². The number of ketones is 1. The minimum Gasteiger partial charge on any atom is -0.330 e. The predicted octanol–water partition coefficient (Wildman–Crippen LogP) is 4.76. The highest BCUT2D eigenvalue weighted by molar-refractivity contribution is 5.85. The van der Waals surface area contributed by atoms with Crippen LogP contribution in [-0.4, -0.2) is 17.1 Å². The Morgan fingerprint density at radius 2 is 1.32 bits per heavy atom. The summed E-state index contributed by atoms with van der Waals surface area (Å²) in [6, 6.07) is 29.3. The maximum Gasteiger partial charge on any atom is 0.210 e. The summed E-state index contributed by atoms with van der Waals surface area (Å²) in [6.07, 6.45) is 1.90. The summed E-state index contributed by atoms with van der Waals surface area (Å²) in [5, 5.41) is 0. The van der Waals surface area contributed by atoms with Crippen LogP contribution in [0.4, 0.5) is 0 Å². The van der Waals surface area contributed by atoms with E-state index in [1.165, 1.54) is 0 Å². The van der Waals surface area contributed by atoms with Gasteiger partial charge < -0.3 is 4.90 Å². The molecule has 1 aliphatic heterocycles. The van der Waals surface area contributed by atoms with Gasteiger partial charge in [-0.05, 0) is 23.1 Å². The number of amides is 1. The molecule has 0 bridgehead atoms. The minimum atomic E-state index is -0.273. The standard InChI is InChI=1S/C25H23NO2/c27-18-26-23(20-12-6-2-7-13-20)17-24(28)22(16-19-10-4-1-5-11-19)25(26)21-14-8-3-9-15-21/h1-15,18,22-23,25H,16-17H2/t22-,23+,25+/m1/s1. The van der Waals surface area contributed by atoms with Crippen LogP contribution in [-0.2, 0) is 16.0 Å². The van der Waals surface area contributed by atoms with Crippen LogP contribution in [0.25, 0.3) is 0 Å². The third kappa shape index (κ3) is 3.61. The summed E-state index contributed by atoms with van der Waals surface area (Å²) in [5.41, 5.74) is 3.12. The fourth-order valence-corrected chi connectivity index (χ4v) is 4.28. The number of piperidine rings is 1. The number of benzene rings is 3. The number of Topliss-reactive ketones (excluding diaryl/α,β-unsaturated/α-hetero) is 1. The number of likely N-dealkylation sites (tertiary alicyclic amines) is 1. The maximum atomic E-state index is 13.3. The quantitative estimate of drug-likeness (QED) is 0.608. The van der Waals surface area contributed by atoms with Crippen molar-refractivity contribution in [3.63, 3.8) is 0 Å². The van der Waals surface area contributed by atoms with E-state index in [0.717, 1.165) is 23.1 Å². The van der Waals surface area contributed by atoms with Gasteiger partial charge in [0.1, 0.15) is 5.78 Å². The lowest BCUT2D eigenvalue weighted by atomic mass is 9.76. The van der Waals surface area contributed by atoms with Gasteiger partial charge in [0, 0.05) is 12.3 Å². The van der Waals surface area contributed by atoms with Crippen molar-refractivity contribution in [2.45, 2.75) is 24.9 Å². The molecule has 0 spiro atoms. The summed E-state index contributed by atoms with van der Waals surface area (Å²) in [6.45, 7) is 0. The van der Waals surface area contributed by atoms with Gasteiger partial charge in [0.15, 0.2) is 0 Å². The molecular weight excluding hydrogens is 346 g/mol. The third-order valence-corrected chi connectivity index (χ3v) is 5.62. The largest absolute Gasteiger partial charge is 0.330 e. The van der Waals surface area contributed by atoms with Crippen LogP contribution < -0.4 is 0 Å². The molecule has 4 rings (SSSR count). The van der Waals surface area contributed by atoms with Gasteiger partial charge in [0.2, 0.25) is 6.41 Å². The van der Waals surface area contributed by atoms with E-state index in [9.17, 15) is 9.59 Å². The molecule has 28 heavy (non-hydrogen) atoms. The zero-order valence-electron chi connectivity index (χ0n) is 15.6. The maximum absolute atomic E-state index is 13.3. The van der Waals surface area contributed by atoms with Gasteiger partial charge >= 0.3 is 0 Å². The summed E-state index contributed by atoms with van der Waals surface area (Å²) in [5.74, 6) is -0.0420. The van der Waals surface area contributed by atoms with Crippen molar-refractivity contribution in [3.8, 4) is 0 Å². The molecule has 1 amide bonds. The monoisotopic (exact) mass is 369 g/mol. The number of rotatable bonds is 5. The second kappa shape index (κ2) is 8.22. The van der Waals surface area contributed by atoms with E-state index in [1.807, 2.05) is 95.9 Å².